The fraction of sp³-hybridized carbons (Fsp3) is 0.647. The first-order chi connectivity index (χ1) is 11.9. The molecule has 1 aromatic rings. The molecule has 2 fully saturated rings. The number of benzene rings is 1. The number of rotatable bonds is 4. The Bertz CT molecular complexity index is 698. The van der Waals surface area contributed by atoms with Gasteiger partial charge in [0.25, 0.3) is 0 Å². The second-order valence-corrected chi connectivity index (χ2v) is 8.91. The van der Waals surface area contributed by atoms with E-state index >= 15 is 0 Å². The summed E-state index contributed by atoms with van der Waals surface area (Å²) in [5.41, 5.74) is 0.719. The third-order valence-electron chi connectivity index (χ3n) is 5.28. The van der Waals surface area contributed by atoms with Crippen molar-refractivity contribution in [2.45, 2.75) is 25.8 Å². The van der Waals surface area contributed by atoms with E-state index in [0.29, 0.717) is 19.1 Å². The minimum Gasteiger partial charge on any atom is -0.371 e. The average Bonchev–Trinajstić information content (AvgIpc) is 2.64. The SMILES string of the molecule is CCS(=O)(=O)N1CCN(C2CCN(c3ccc(F)c(F)c3)CC2)CC1. The number of anilines is 1. The third-order valence-corrected chi connectivity index (χ3v) is 7.16. The largest absolute Gasteiger partial charge is 0.371 e. The lowest BCUT2D eigenvalue weighted by Gasteiger charge is -2.42. The van der Waals surface area contributed by atoms with E-state index in [1.54, 1.807) is 17.3 Å². The minimum absolute atomic E-state index is 0.152. The maximum atomic E-state index is 13.4. The van der Waals surface area contributed by atoms with E-state index < -0.39 is 21.7 Å². The topological polar surface area (TPSA) is 43.9 Å². The van der Waals surface area contributed by atoms with E-state index in [4.69, 9.17) is 0 Å². The Hall–Kier alpha value is -1.25. The van der Waals surface area contributed by atoms with Gasteiger partial charge in [-0.25, -0.2) is 17.2 Å². The Balaban J connectivity index is 1.52. The summed E-state index contributed by atoms with van der Waals surface area (Å²) in [6.45, 7) is 5.89. The zero-order valence-corrected chi connectivity index (χ0v) is 15.3. The van der Waals surface area contributed by atoms with E-state index in [0.717, 1.165) is 44.7 Å². The van der Waals surface area contributed by atoms with E-state index in [1.165, 1.54) is 12.1 Å². The molecule has 0 aliphatic carbocycles. The van der Waals surface area contributed by atoms with E-state index in [2.05, 4.69) is 9.80 Å². The monoisotopic (exact) mass is 373 g/mol. The molecular weight excluding hydrogens is 348 g/mol. The van der Waals surface area contributed by atoms with Crippen LogP contribution in [-0.2, 0) is 10.0 Å². The van der Waals surface area contributed by atoms with Gasteiger partial charge in [0.1, 0.15) is 0 Å². The van der Waals surface area contributed by atoms with Gasteiger partial charge in [0, 0.05) is 57.1 Å². The molecule has 1 aromatic carbocycles. The van der Waals surface area contributed by atoms with Gasteiger partial charge in [-0.3, -0.25) is 4.90 Å². The number of hydrogen-bond acceptors (Lipinski definition) is 4. The van der Waals surface area contributed by atoms with Gasteiger partial charge in [0.05, 0.1) is 5.75 Å². The summed E-state index contributed by atoms with van der Waals surface area (Å²) in [4.78, 5) is 4.45. The van der Waals surface area contributed by atoms with Crippen molar-refractivity contribution in [2.24, 2.45) is 0 Å². The van der Waals surface area contributed by atoms with Gasteiger partial charge >= 0.3 is 0 Å². The van der Waals surface area contributed by atoms with Gasteiger partial charge in [-0.2, -0.15) is 4.31 Å². The molecule has 2 aliphatic heterocycles. The van der Waals surface area contributed by atoms with Crippen LogP contribution in [0.4, 0.5) is 14.5 Å². The summed E-state index contributed by atoms with van der Waals surface area (Å²) in [5.74, 6) is -1.48. The molecule has 0 radical (unpaired) electrons. The van der Waals surface area contributed by atoms with Crippen LogP contribution >= 0.6 is 0 Å². The van der Waals surface area contributed by atoms with Gasteiger partial charge in [-0.1, -0.05) is 0 Å². The number of piperazine rings is 1. The predicted octanol–water partition coefficient (Wildman–Crippen LogP) is 1.90. The molecule has 8 heteroatoms. The Labute approximate surface area is 148 Å². The lowest BCUT2D eigenvalue weighted by Crippen LogP contribution is -2.54. The van der Waals surface area contributed by atoms with Gasteiger partial charge < -0.3 is 4.90 Å². The Morgan fingerprint density at radius 1 is 1.00 bits per heavy atom. The molecule has 0 unspecified atom stereocenters. The Morgan fingerprint density at radius 2 is 1.64 bits per heavy atom. The van der Waals surface area contributed by atoms with Crippen molar-refractivity contribution in [3.05, 3.63) is 29.8 Å². The van der Waals surface area contributed by atoms with Crippen LogP contribution < -0.4 is 4.90 Å². The van der Waals surface area contributed by atoms with E-state index in [1.807, 2.05) is 0 Å². The minimum atomic E-state index is -3.10. The van der Waals surface area contributed by atoms with Crippen LogP contribution in [0, 0.1) is 11.6 Å². The molecule has 2 heterocycles. The molecule has 0 bridgehead atoms. The van der Waals surface area contributed by atoms with Crippen LogP contribution in [0.1, 0.15) is 19.8 Å². The Morgan fingerprint density at radius 3 is 2.20 bits per heavy atom. The summed E-state index contributed by atoms with van der Waals surface area (Å²) in [6.07, 6.45) is 1.89. The summed E-state index contributed by atoms with van der Waals surface area (Å²) >= 11 is 0. The fourth-order valence-corrected chi connectivity index (χ4v) is 4.79. The quantitative estimate of drug-likeness (QED) is 0.809. The van der Waals surface area contributed by atoms with Crippen LogP contribution in [0.25, 0.3) is 0 Å². The zero-order chi connectivity index (χ0) is 18.0. The third kappa shape index (κ3) is 4.12. The summed E-state index contributed by atoms with van der Waals surface area (Å²) in [6, 6.07) is 4.47. The standard InChI is InChI=1S/C17H25F2N3O2S/c1-2-25(23,24)22-11-9-21(10-12-22)14-5-7-20(8-6-14)15-3-4-16(18)17(19)13-15/h3-4,13-14H,2,5-12H2,1H3. The Kier molecular flexibility index (Phi) is 5.60. The molecule has 5 nitrogen and oxygen atoms in total. The van der Waals surface area contributed by atoms with Crippen LogP contribution in [-0.4, -0.2) is 68.7 Å². The average molecular weight is 373 g/mol. The molecule has 0 aromatic heterocycles. The number of hydrogen-bond donors (Lipinski definition) is 0. The van der Waals surface area contributed by atoms with Crippen LogP contribution in [0.2, 0.25) is 0 Å². The predicted molar refractivity (Wildman–Crippen MR) is 94.2 cm³/mol. The molecule has 140 valence electrons. The highest BCUT2D eigenvalue weighted by Gasteiger charge is 2.30. The first kappa shape index (κ1) is 18.5. The highest BCUT2D eigenvalue weighted by Crippen LogP contribution is 2.25. The second-order valence-electron chi connectivity index (χ2n) is 6.65. The van der Waals surface area contributed by atoms with Gasteiger partial charge in [0.2, 0.25) is 10.0 Å². The van der Waals surface area contributed by atoms with Crippen molar-refractivity contribution in [3.63, 3.8) is 0 Å². The van der Waals surface area contributed by atoms with Crippen molar-refractivity contribution in [1.29, 1.82) is 0 Å². The molecule has 2 aliphatic rings. The van der Waals surface area contributed by atoms with Crippen molar-refractivity contribution in [1.82, 2.24) is 9.21 Å². The highest BCUT2D eigenvalue weighted by atomic mass is 32.2. The number of halogens is 2. The van der Waals surface area contributed by atoms with Crippen LogP contribution in [0.15, 0.2) is 18.2 Å². The van der Waals surface area contributed by atoms with Crippen molar-refractivity contribution < 1.29 is 17.2 Å². The normalized spacial score (nSPS) is 21.6. The molecule has 2 saturated heterocycles. The molecule has 0 saturated carbocycles. The summed E-state index contributed by atoms with van der Waals surface area (Å²) in [5, 5.41) is 0. The molecule has 0 N–H and O–H groups in total. The smallest absolute Gasteiger partial charge is 0.213 e. The first-order valence-electron chi connectivity index (χ1n) is 8.82. The number of sulfonamides is 1. The molecule has 0 amide bonds. The van der Waals surface area contributed by atoms with Gasteiger partial charge in [0.15, 0.2) is 11.6 Å². The fourth-order valence-electron chi connectivity index (χ4n) is 3.70. The van der Waals surface area contributed by atoms with Crippen LogP contribution in [0.3, 0.4) is 0 Å². The van der Waals surface area contributed by atoms with E-state index in [-0.39, 0.29) is 5.75 Å². The second kappa shape index (κ2) is 7.55. The molecule has 25 heavy (non-hydrogen) atoms. The summed E-state index contributed by atoms with van der Waals surface area (Å²) in [7, 11) is -3.10. The maximum absolute atomic E-state index is 13.4. The molecule has 0 spiro atoms. The van der Waals surface area contributed by atoms with Crippen molar-refractivity contribution in [3.8, 4) is 0 Å². The summed E-state index contributed by atoms with van der Waals surface area (Å²) < 4.78 is 51.9. The van der Waals surface area contributed by atoms with Crippen molar-refractivity contribution >= 4 is 15.7 Å². The lowest BCUT2D eigenvalue weighted by atomic mass is 10.0. The molecule has 0 atom stereocenters. The van der Waals surface area contributed by atoms with E-state index in [9.17, 15) is 17.2 Å². The number of piperidine rings is 1. The van der Waals surface area contributed by atoms with Gasteiger partial charge in [-0.05, 0) is 31.9 Å². The zero-order valence-electron chi connectivity index (χ0n) is 14.5. The highest BCUT2D eigenvalue weighted by molar-refractivity contribution is 7.89. The first-order valence-corrected chi connectivity index (χ1v) is 10.4. The maximum Gasteiger partial charge on any atom is 0.213 e. The van der Waals surface area contributed by atoms with Crippen molar-refractivity contribution in [2.75, 3.05) is 49.9 Å². The lowest BCUT2D eigenvalue weighted by molar-refractivity contribution is 0.120. The van der Waals surface area contributed by atoms with Crippen LogP contribution in [0.5, 0.6) is 0 Å². The molecule has 3 rings (SSSR count). The number of nitrogens with zero attached hydrogens (tertiary/aromatic N) is 3. The molecular formula is C17H25F2N3O2S. The van der Waals surface area contributed by atoms with Gasteiger partial charge in [-0.15, -0.1) is 0 Å².